The van der Waals surface area contributed by atoms with E-state index >= 15 is 0 Å². The fourth-order valence-corrected chi connectivity index (χ4v) is 5.44. The first-order valence-corrected chi connectivity index (χ1v) is 10.0. The van der Waals surface area contributed by atoms with E-state index in [2.05, 4.69) is 54.6 Å². The summed E-state index contributed by atoms with van der Waals surface area (Å²) in [6.45, 7) is 0. The zero-order chi connectivity index (χ0) is 18.0. The Labute approximate surface area is 164 Å². The molecule has 6 rings (SSSR count). The largest absolute Gasteiger partial charge is 0.456 e. The van der Waals surface area contributed by atoms with Crippen molar-refractivity contribution in [2.24, 2.45) is 0 Å². The van der Waals surface area contributed by atoms with Gasteiger partial charge in [-0.1, -0.05) is 60.1 Å². The summed E-state index contributed by atoms with van der Waals surface area (Å²) in [6.07, 6.45) is 0. The lowest BCUT2D eigenvalue weighted by atomic mass is 9.95. The van der Waals surface area contributed by atoms with E-state index in [1.54, 1.807) is 0 Å². The van der Waals surface area contributed by atoms with E-state index in [1.165, 1.54) is 25.7 Å². The average Bonchev–Trinajstić information content (AvgIpc) is 3.26. The van der Waals surface area contributed by atoms with Crippen LogP contribution in [-0.4, -0.2) is 0 Å². The quantitative estimate of drug-likeness (QED) is 0.278. The molecule has 0 aliphatic rings. The van der Waals surface area contributed by atoms with E-state index in [1.807, 2.05) is 35.6 Å². The van der Waals surface area contributed by atoms with E-state index in [-0.39, 0.29) is 0 Å². The number of benzene rings is 4. The number of hydrogen-bond donors (Lipinski definition) is 0. The van der Waals surface area contributed by atoms with Gasteiger partial charge in [0.05, 0.1) is 5.02 Å². The van der Waals surface area contributed by atoms with Crippen molar-refractivity contribution in [3.05, 3.63) is 83.9 Å². The molecule has 27 heavy (non-hydrogen) atoms. The third-order valence-electron chi connectivity index (χ3n) is 5.16. The topological polar surface area (TPSA) is 13.1 Å². The van der Waals surface area contributed by atoms with Gasteiger partial charge in [0.15, 0.2) is 0 Å². The Bertz CT molecular complexity index is 1490. The average molecular weight is 385 g/mol. The van der Waals surface area contributed by atoms with Crippen molar-refractivity contribution in [2.75, 3.05) is 0 Å². The smallest absolute Gasteiger partial charge is 0.136 e. The van der Waals surface area contributed by atoms with Gasteiger partial charge in [-0.25, -0.2) is 0 Å². The summed E-state index contributed by atoms with van der Waals surface area (Å²) in [5, 5.41) is 5.39. The number of fused-ring (bicyclic) bond motifs is 6. The van der Waals surface area contributed by atoms with Gasteiger partial charge in [0.25, 0.3) is 0 Å². The number of halogens is 1. The fraction of sp³-hybridized carbons (Fsp3) is 0. The normalized spacial score (nSPS) is 11.9. The third-order valence-corrected chi connectivity index (χ3v) is 6.62. The molecule has 128 valence electrons. The molecule has 0 aliphatic carbocycles. The molecule has 0 fully saturated rings. The van der Waals surface area contributed by atoms with Crippen LogP contribution in [0, 0.1) is 0 Å². The van der Waals surface area contributed by atoms with Crippen LogP contribution in [0.25, 0.3) is 53.2 Å². The van der Waals surface area contributed by atoms with Gasteiger partial charge in [-0.05, 0) is 41.5 Å². The van der Waals surface area contributed by atoms with Gasteiger partial charge in [0.1, 0.15) is 11.2 Å². The molecule has 0 amide bonds. The minimum atomic E-state index is 0.723. The zero-order valence-electron chi connectivity index (χ0n) is 14.2. The monoisotopic (exact) mass is 384 g/mol. The molecular formula is C24H13ClOS. The van der Waals surface area contributed by atoms with Crippen LogP contribution in [0.3, 0.4) is 0 Å². The fourth-order valence-electron chi connectivity index (χ4n) is 4.05. The lowest BCUT2D eigenvalue weighted by Gasteiger charge is -2.07. The van der Waals surface area contributed by atoms with E-state index in [0.717, 1.165) is 32.5 Å². The molecule has 0 radical (unpaired) electrons. The summed E-state index contributed by atoms with van der Waals surface area (Å²) in [4.78, 5) is 0. The summed E-state index contributed by atoms with van der Waals surface area (Å²) in [6, 6.07) is 27.2. The molecule has 0 N–H and O–H groups in total. The molecule has 0 atom stereocenters. The Morgan fingerprint density at radius 2 is 1.26 bits per heavy atom. The summed E-state index contributed by atoms with van der Waals surface area (Å²) < 4.78 is 8.70. The van der Waals surface area contributed by atoms with E-state index < -0.39 is 0 Å². The Hall–Kier alpha value is -2.81. The maximum absolute atomic E-state index is 6.57. The molecule has 3 heteroatoms. The van der Waals surface area contributed by atoms with Gasteiger partial charge in [0.2, 0.25) is 0 Å². The first-order valence-electron chi connectivity index (χ1n) is 8.81. The number of hydrogen-bond acceptors (Lipinski definition) is 2. The van der Waals surface area contributed by atoms with Crippen molar-refractivity contribution < 1.29 is 4.42 Å². The molecule has 1 nitrogen and oxygen atoms in total. The molecule has 0 unspecified atom stereocenters. The summed E-state index contributed by atoms with van der Waals surface area (Å²) in [5.41, 5.74) is 4.08. The predicted octanol–water partition coefficient (Wildman–Crippen LogP) is 8.27. The van der Waals surface area contributed by atoms with Gasteiger partial charge in [-0.2, -0.15) is 0 Å². The van der Waals surface area contributed by atoms with Crippen molar-refractivity contribution >= 4 is 65.0 Å². The number of furan rings is 1. The Balaban J connectivity index is 1.83. The van der Waals surface area contributed by atoms with Crippen molar-refractivity contribution in [1.29, 1.82) is 0 Å². The minimum Gasteiger partial charge on any atom is -0.456 e. The van der Waals surface area contributed by atoms with Crippen LogP contribution in [0.5, 0.6) is 0 Å². The summed E-state index contributed by atoms with van der Waals surface area (Å²) >= 11 is 8.41. The van der Waals surface area contributed by atoms with E-state index in [9.17, 15) is 0 Å². The molecule has 0 aliphatic heterocycles. The number of rotatable bonds is 1. The van der Waals surface area contributed by atoms with Crippen LogP contribution < -0.4 is 0 Å². The van der Waals surface area contributed by atoms with Gasteiger partial charge in [0, 0.05) is 30.9 Å². The van der Waals surface area contributed by atoms with Crippen LogP contribution in [0.4, 0.5) is 0 Å². The van der Waals surface area contributed by atoms with Crippen molar-refractivity contribution in [3.63, 3.8) is 0 Å². The number of thiophene rings is 1. The second-order valence-electron chi connectivity index (χ2n) is 6.67. The second kappa shape index (κ2) is 5.59. The lowest BCUT2D eigenvalue weighted by Crippen LogP contribution is -1.81. The molecule has 2 heterocycles. The first kappa shape index (κ1) is 15.3. The van der Waals surface area contributed by atoms with Crippen LogP contribution in [-0.2, 0) is 0 Å². The van der Waals surface area contributed by atoms with Crippen LogP contribution in [0.1, 0.15) is 0 Å². The molecular weight excluding hydrogens is 372 g/mol. The highest BCUT2D eigenvalue weighted by atomic mass is 35.5. The maximum atomic E-state index is 6.57. The SMILES string of the molecule is Clc1cccc2oc3cccc(-c4cccc5sc6ccccc6c45)c3c12. The van der Waals surface area contributed by atoms with E-state index in [4.69, 9.17) is 16.0 Å². The highest BCUT2D eigenvalue weighted by Crippen LogP contribution is 2.44. The Morgan fingerprint density at radius 3 is 2.15 bits per heavy atom. The maximum Gasteiger partial charge on any atom is 0.136 e. The molecule has 0 saturated carbocycles. The standard InChI is InChI=1S/C24H13ClOS/c25-17-9-5-11-19-24(17)23-15(7-3-10-18(23)26-19)14-8-4-13-21-22(14)16-6-1-2-12-20(16)27-21/h1-13H. The highest BCUT2D eigenvalue weighted by Gasteiger charge is 2.17. The van der Waals surface area contributed by atoms with Crippen LogP contribution >= 0.6 is 22.9 Å². The van der Waals surface area contributed by atoms with Gasteiger partial charge in [-0.15, -0.1) is 11.3 Å². The highest BCUT2D eigenvalue weighted by molar-refractivity contribution is 7.25. The van der Waals surface area contributed by atoms with Crippen molar-refractivity contribution in [3.8, 4) is 11.1 Å². The van der Waals surface area contributed by atoms with Gasteiger partial charge >= 0.3 is 0 Å². The Morgan fingerprint density at radius 1 is 0.593 bits per heavy atom. The molecule has 2 aromatic heterocycles. The van der Waals surface area contributed by atoms with Crippen molar-refractivity contribution in [2.45, 2.75) is 0 Å². The first-order chi connectivity index (χ1) is 13.3. The van der Waals surface area contributed by atoms with Gasteiger partial charge in [-0.3, -0.25) is 0 Å². The molecule has 4 aromatic carbocycles. The van der Waals surface area contributed by atoms with Crippen LogP contribution in [0.2, 0.25) is 5.02 Å². The molecule has 6 aromatic rings. The van der Waals surface area contributed by atoms with E-state index in [0.29, 0.717) is 0 Å². The van der Waals surface area contributed by atoms with Crippen molar-refractivity contribution in [1.82, 2.24) is 0 Å². The van der Waals surface area contributed by atoms with Gasteiger partial charge < -0.3 is 4.42 Å². The lowest BCUT2D eigenvalue weighted by molar-refractivity contribution is 0.669. The zero-order valence-corrected chi connectivity index (χ0v) is 15.8. The minimum absolute atomic E-state index is 0.723. The molecule has 0 spiro atoms. The second-order valence-corrected chi connectivity index (χ2v) is 8.16. The van der Waals surface area contributed by atoms with Crippen LogP contribution in [0.15, 0.2) is 83.3 Å². The summed E-state index contributed by atoms with van der Waals surface area (Å²) in [7, 11) is 0. The Kier molecular flexibility index (Phi) is 3.16. The molecule has 0 bridgehead atoms. The molecule has 0 saturated heterocycles. The third kappa shape index (κ3) is 2.11. The predicted molar refractivity (Wildman–Crippen MR) is 117 cm³/mol. The summed E-state index contributed by atoms with van der Waals surface area (Å²) in [5.74, 6) is 0.